The summed E-state index contributed by atoms with van der Waals surface area (Å²) < 4.78 is 27.2. The van der Waals surface area contributed by atoms with Crippen LogP contribution in [0.15, 0.2) is 58.5 Å². The summed E-state index contributed by atoms with van der Waals surface area (Å²) in [4.78, 5) is 27.2. The Hall–Kier alpha value is -2.75. The molecule has 2 amide bonds. The molecule has 32 heavy (non-hydrogen) atoms. The monoisotopic (exact) mass is 474 g/mol. The molecule has 0 radical (unpaired) electrons. The summed E-state index contributed by atoms with van der Waals surface area (Å²) in [6, 6.07) is 13.4. The Bertz CT molecular complexity index is 1160. The third-order valence-electron chi connectivity index (χ3n) is 5.54. The molecule has 0 unspecified atom stereocenters. The van der Waals surface area contributed by atoms with E-state index in [-0.39, 0.29) is 61.4 Å². The van der Waals surface area contributed by atoms with Gasteiger partial charge in [0.25, 0.3) is 5.91 Å². The Morgan fingerprint density at radius 2 is 1.56 bits per heavy atom. The Morgan fingerprint density at radius 1 is 0.938 bits per heavy atom. The van der Waals surface area contributed by atoms with Crippen LogP contribution in [-0.2, 0) is 19.6 Å². The maximum Gasteiger partial charge on any atom is 0.270 e. The molecular weight excluding hydrogens is 452 g/mol. The second-order valence-corrected chi connectivity index (χ2v) is 10.1. The molecule has 0 spiro atoms. The van der Waals surface area contributed by atoms with E-state index in [0.29, 0.717) is 10.7 Å². The highest BCUT2D eigenvalue weighted by Gasteiger charge is 2.33. The molecule has 0 N–H and O–H groups in total. The van der Waals surface area contributed by atoms with Gasteiger partial charge in [-0.3, -0.25) is 9.59 Å². The molecule has 0 aliphatic carbocycles. The maximum atomic E-state index is 13.0. The van der Waals surface area contributed by atoms with Gasteiger partial charge in [0.1, 0.15) is 5.71 Å². The summed E-state index contributed by atoms with van der Waals surface area (Å²) in [6.45, 7) is 2.83. The highest BCUT2D eigenvalue weighted by atomic mass is 35.5. The number of anilines is 1. The number of benzene rings is 2. The minimum absolute atomic E-state index is 0.176. The fraction of sp³-hybridized carbons (Fsp3) is 0.318. The zero-order valence-electron chi connectivity index (χ0n) is 17.6. The molecule has 10 heteroatoms. The summed E-state index contributed by atoms with van der Waals surface area (Å²) in [6.07, 6.45) is 0.429. The van der Waals surface area contributed by atoms with E-state index in [0.717, 1.165) is 5.56 Å². The summed E-state index contributed by atoms with van der Waals surface area (Å²) in [5.74, 6) is -0.471. The van der Waals surface area contributed by atoms with Crippen molar-refractivity contribution < 1.29 is 18.0 Å². The second-order valence-electron chi connectivity index (χ2n) is 7.74. The third-order valence-corrected chi connectivity index (χ3v) is 7.70. The van der Waals surface area contributed by atoms with Crippen LogP contribution in [0.25, 0.3) is 0 Å². The summed E-state index contributed by atoms with van der Waals surface area (Å²) in [5.41, 5.74) is 1.81. The number of nitrogens with zero attached hydrogens (tertiary/aromatic N) is 4. The molecule has 168 valence electrons. The second kappa shape index (κ2) is 9.01. The lowest BCUT2D eigenvalue weighted by molar-refractivity contribution is -0.125. The first kappa shape index (κ1) is 22.4. The van der Waals surface area contributed by atoms with E-state index in [4.69, 9.17) is 11.6 Å². The number of hydrazone groups is 1. The quantitative estimate of drug-likeness (QED) is 0.681. The minimum atomic E-state index is -3.61. The molecular formula is C22H23ClN4O4S. The molecule has 0 bridgehead atoms. The number of hydrogen-bond acceptors (Lipinski definition) is 5. The minimum Gasteiger partial charge on any atom is -0.335 e. The zero-order valence-corrected chi connectivity index (χ0v) is 19.1. The van der Waals surface area contributed by atoms with Gasteiger partial charge in [0, 0.05) is 44.0 Å². The van der Waals surface area contributed by atoms with Gasteiger partial charge in [0.2, 0.25) is 15.9 Å². The van der Waals surface area contributed by atoms with Crippen molar-refractivity contribution in [2.45, 2.75) is 24.7 Å². The summed E-state index contributed by atoms with van der Waals surface area (Å²) in [7, 11) is -3.61. The first-order valence-electron chi connectivity index (χ1n) is 10.3. The van der Waals surface area contributed by atoms with Gasteiger partial charge >= 0.3 is 0 Å². The Kier molecular flexibility index (Phi) is 6.32. The molecule has 2 heterocycles. The molecule has 0 saturated carbocycles. The van der Waals surface area contributed by atoms with Crippen LogP contribution >= 0.6 is 11.6 Å². The van der Waals surface area contributed by atoms with Crippen LogP contribution in [0, 0.1) is 6.92 Å². The number of carbonyl (C=O) groups is 2. The van der Waals surface area contributed by atoms with E-state index in [1.807, 2.05) is 6.92 Å². The number of hydrogen-bond donors (Lipinski definition) is 0. The van der Waals surface area contributed by atoms with Gasteiger partial charge in [0.05, 0.1) is 10.6 Å². The molecule has 8 nitrogen and oxygen atoms in total. The number of amides is 2. The molecule has 4 rings (SSSR count). The number of piperazine rings is 1. The van der Waals surface area contributed by atoms with E-state index in [2.05, 4.69) is 5.10 Å². The van der Waals surface area contributed by atoms with Crippen LogP contribution in [0.4, 0.5) is 5.69 Å². The molecule has 1 fully saturated rings. The van der Waals surface area contributed by atoms with E-state index in [1.165, 1.54) is 9.31 Å². The van der Waals surface area contributed by atoms with Crippen LogP contribution in [0.1, 0.15) is 18.4 Å². The zero-order chi connectivity index (χ0) is 22.9. The van der Waals surface area contributed by atoms with E-state index in [9.17, 15) is 18.0 Å². The van der Waals surface area contributed by atoms with Crippen molar-refractivity contribution in [3.05, 3.63) is 59.1 Å². The van der Waals surface area contributed by atoms with Crippen molar-refractivity contribution in [2.75, 3.05) is 31.2 Å². The number of rotatable bonds is 4. The molecule has 0 atom stereocenters. The van der Waals surface area contributed by atoms with Gasteiger partial charge < -0.3 is 4.90 Å². The number of carbonyl (C=O) groups excluding carboxylic acids is 2. The van der Waals surface area contributed by atoms with Crippen LogP contribution in [0.5, 0.6) is 0 Å². The normalized spacial score (nSPS) is 17.9. The predicted octanol–water partition coefficient (Wildman–Crippen LogP) is 2.66. The van der Waals surface area contributed by atoms with Gasteiger partial charge in [-0.1, -0.05) is 29.3 Å². The topological polar surface area (TPSA) is 90.4 Å². The van der Waals surface area contributed by atoms with Crippen molar-refractivity contribution in [1.82, 2.24) is 9.21 Å². The van der Waals surface area contributed by atoms with Crippen LogP contribution in [0.3, 0.4) is 0 Å². The van der Waals surface area contributed by atoms with Gasteiger partial charge in [-0.15, -0.1) is 0 Å². The van der Waals surface area contributed by atoms with Crippen molar-refractivity contribution in [3.8, 4) is 0 Å². The van der Waals surface area contributed by atoms with Crippen molar-refractivity contribution in [3.63, 3.8) is 0 Å². The fourth-order valence-corrected chi connectivity index (χ4v) is 5.21. The Morgan fingerprint density at radius 3 is 2.19 bits per heavy atom. The number of halogens is 1. The predicted molar refractivity (Wildman–Crippen MR) is 122 cm³/mol. The number of sulfonamides is 1. The third kappa shape index (κ3) is 4.55. The highest BCUT2D eigenvalue weighted by Crippen LogP contribution is 2.23. The average molecular weight is 475 g/mol. The Labute approximate surface area is 192 Å². The van der Waals surface area contributed by atoms with Gasteiger partial charge in [-0.05, 0) is 43.3 Å². The number of aryl methyl sites for hydroxylation is 1. The van der Waals surface area contributed by atoms with Gasteiger partial charge in [0.15, 0.2) is 0 Å². The lowest BCUT2D eigenvalue weighted by Gasteiger charge is -2.35. The SMILES string of the molecule is Cc1ccc(S(=O)(=O)N2CCN(C(=O)C3=NN(c4ccc(Cl)cc4)C(=O)CC3)CC2)cc1. The maximum absolute atomic E-state index is 13.0. The van der Waals surface area contributed by atoms with Crippen LogP contribution in [0.2, 0.25) is 5.02 Å². The van der Waals surface area contributed by atoms with Crippen LogP contribution < -0.4 is 5.01 Å². The van der Waals surface area contributed by atoms with Gasteiger partial charge in [-0.25, -0.2) is 13.4 Å². The molecule has 2 aromatic rings. The van der Waals surface area contributed by atoms with E-state index in [1.54, 1.807) is 53.4 Å². The van der Waals surface area contributed by atoms with Gasteiger partial charge in [-0.2, -0.15) is 9.41 Å². The molecule has 0 aromatic heterocycles. The average Bonchev–Trinajstić information content (AvgIpc) is 2.80. The summed E-state index contributed by atoms with van der Waals surface area (Å²) in [5, 5.41) is 6.06. The largest absolute Gasteiger partial charge is 0.335 e. The first-order valence-corrected chi connectivity index (χ1v) is 12.1. The fourth-order valence-electron chi connectivity index (χ4n) is 3.66. The molecule has 2 aromatic carbocycles. The molecule has 2 aliphatic rings. The van der Waals surface area contributed by atoms with E-state index >= 15 is 0 Å². The lowest BCUT2D eigenvalue weighted by atomic mass is 10.1. The summed E-state index contributed by atoms with van der Waals surface area (Å²) >= 11 is 5.91. The lowest BCUT2D eigenvalue weighted by Crippen LogP contribution is -2.52. The molecule has 1 saturated heterocycles. The Balaban J connectivity index is 1.45. The smallest absolute Gasteiger partial charge is 0.270 e. The standard InChI is InChI=1S/C22H23ClN4O4S/c1-16-2-8-19(9-3-16)32(30,31)26-14-12-25(13-15-26)22(29)20-10-11-21(28)27(24-20)18-6-4-17(23)5-7-18/h2-9H,10-15H2,1H3. The van der Waals surface area contributed by atoms with Crippen molar-refractivity contribution in [2.24, 2.45) is 5.10 Å². The van der Waals surface area contributed by atoms with E-state index < -0.39 is 10.0 Å². The highest BCUT2D eigenvalue weighted by molar-refractivity contribution is 7.89. The van der Waals surface area contributed by atoms with Crippen LogP contribution in [-0.4, -0.2) is 61.3 Å². The van der Waals surface area contributed by atoms with Crippen molar-refractivity contribution >= 4 is 44.8 Å². The first-order chi connectivity index (χ1) is 15.3. The molecule has 2 aliphatic heterocycles. The van der Waals surface area contributed by atoms with Crippen molar-refractivity contribution in [1.29, 1.82) is 0 Å².